The molecule has 2 saturated heterocycles. The number of nitrogens with two attached hydrogens (primary N) is 1. The molecule has 0 aromatic heterocycles. The van der Waals surface area contributed by atoms with Gasteiger partial charge < -0.3 is 35.5 Å². The minimum atomic E-state index is -0.536. The largest absolute Gasteiger partial charge is 0.453 e. The summed E-state index contributed by atoms with van der Waals surface area (Å²) in [7, 11) is 1.30. The summed E-state index contributed by atoms with van der Waals surface area (Å²) in [5, 5.41) is 5.69. The van der Waals surface area contributed by atoms with Gasteiger partial charge in [-0.15, -0.1) is 0 Å². The van der Waals surface area contributed by atoms with Gasteiger partial charge in [-0.3, -0.25) is 0 Å². The van der Waals surface area contributed by atoms with E-state index in [0.29, 0.717) is 31.1 Å². The van der Waals surface area contributed by atoms with Gasteiger partial charge in [0.1, 0.15) is 5.82 Å². The molecular formula is C25H39FN4O5. The highest BCUT2D eigenvalue weighted by molar-refractivity contribution is 5.74. The number of hydrogen-bond acceptors (Lipinski definition) is 6. The smallest absolute Gasteiger partial charge is 0.406 e. The summed E-state index contributed by atoms with van der Waals surface area (Å²) in [6.45, 7) is 3.53. The van der Waals surface area contributed by atoms with E-state index in [-0.39, 0.29) is 37.0 Å². The lowest BCUT2D eigenvalue weighted by Gasteiger charge is -2.38. The summed E-state index contributed by atoms with van der Waals surface area (Å²) in [4.78, 5) is 26.2. The maximum Gasteiger partial charge on any atom is 0.406 e. The van der Waals surface area contributed by atoms with Crippen LogP contribution in [0, 0.1) is 17.7 Å². The molecule has 2 aliphatic rings. The summed E-state index contributed by atoms with van der Waals surface area (Å²) in [6, 6.07) is 6.11. The zero-order valence-corrected chi connectivity index (χ0v) is 20.5. The van der Waals surface area contributed by atoms with E-state index in [0.717, 1.165) is 45.3 Å². The standard InChI is InChI=1S/C25H39FN4O5/c1-33-25(32)28-9-12-35-23(19-6-2-8-21(26)14-19)20-7-3-10-30(16-20)24(31)29-22(15-27)13-18-5-4-11-34-17-18/h2,6,8,14,18,20,22-23H,3-5,7,9-13,15-17,27H2,1H3,(H,28,32)(H,29,31)/t18-,20+,22-,23-/m0/s1. The van der Waals surface area contributed by atoms with Crippen LogP contribution in [0.1, 0.15) is 43.8 Å². The Labute approximate surface area is 206 Å². The van der Waals surface area contributed by atoms with Crippen LogP contribution in [0.15, 0.2) is 24.3 Å². The van der Waals surface area contributed by atoms with Crippen molar-refractivity contribution in [1.29, 1.82) is 0 Å². The van der Waals surface area contributed by atoms with Crippen molar-refractivity contribution in [1.82, 2.24) is 15.5 Å². The van der Waals surface area contributed by atoms with Crippen LogP contribution < -0.4 is 16.4 Å². The minimum absolute atomic E-state index is 0.0162. The summed E-state index contributed by atoms with van der Waals surface area (Å²) >= 11 is 0. The lowest BCUT2D eigenvalue weighted by atomic mass is 9.88. The highest BCUT2D eigenvalue weighted by Gasteiger charge is 2.32. The lowest BCUT2D eigenvalue weighted by molar-refractivity contribution is -0.00887. The fourth-order valence-electron chi connectivity index (χ4n) is 4.92. The molecule has 2 heterocycles. The van der Waals surface area contributed by atoms with E-state index in [2.05, 4.69) is 15.4 Å². The molecule has 35 heavy (non-hydrogen) atoms. The summed E-state index contributed by atoms with van der Waals surface area (Å²) in [5.41, 5.74) is 6.68. The zero-order chi connectivity index (χ0) is 25.0. The van der Waals surface area contributed by atoms with E-state index in [1.165, 1.54) is 19.2 Å². The number of methoxy groups -OCH3 is 1. The molecule has 4 atom stereocenters. The van der Waals surface area contributed by atoms with Gasteiger partial charge in [0.25, 0.3) is 0 Å². The molecule has 0 unspecified atom stereocenters. The molecule has 1 aromatic rings. The van der Waals surface area contributed by atoms with Gasteiger partial charge >= 0.3 is 12.1 Å². The summed E-state index contributed by atoms with van der Waals surface area (Å²) in [6.07, 6.45) is 3.65. The number of carbonyl (C=O) groups is 2. The molecule has 3 rings (SSSR count). The van der Waals surface area contributed by atoms with Crippen molar-refractivity contribution < 1.29 is 28.2 Å². The fourth-order valence-corrected chi connectivity index (χ4v) is 4.92. The van der Waals surface area contributed by atoms with E-state index in [1.807, 2.05) is 6.07 Å². The Morgan fingerprint density at radius 3 is 2.89 bits per heavy atom. The van der Waals surface area contributed by atoms with E-state index >= 15 is 0 Å². The first-order valence-electron chi connectivity index (χ1n) is 12.5. The van der Waals surface area contributed by atoms with Crippen LogP contribution in [0.25, 0.3) is 0 Å². The van der Waals surface area contributed by atoms with Gasteiger partial charge in [0.15, 0.2) is 0 Å². The van der Waals surface area contributed by atoms with Crippen molar-refractivity contribution in [3.8, 4) is 0 Å². The number of piperidine rings is 1. The van der Waals surface area contributed by atoms with Crippen molar-refractivity contribution in [2.75, 3.05) is 53.1 Å². The molecule has 10 heteroatoms. The highest BCUT2D eigenvalue weighted by atomic mass is 19.1. The molecule has 196 valence electrons. The first-order chi connectivity index (χ1) is 17.0. The van der Waals surface area contributed by atoms with Crippen LogP contribution in [0.5, 0.6) is 0 Å². The maximum atomic E-state index is 14.0. The predicted molar refractivity (Wildman–Crippen MR) is 129 cm³/mol. The quantitative estimate of drug-likeness (QED) is 0.431. The Kier molecular flexibility index (Phi) is 11.0. The number of likely N-dealkylation sites (tertiary alicyclic amines) is 1. The molecule has 0 radical (unpaired) electrons. The number of amides is 3. The average Bonchev–Trinajstić information content (AvgIpc) is 2.88. The van der Waals surface area contributed by atoms with Gasteiger partial charge in [-0.05, 0) is 55.7 Å². The number of nitrogens with zero attached hydrogens (tertiary/aromatic N) is 1. The topological polar surface area (TPSA) is 115 Å². The second-order valence-corrected chi connectivity index (χ2v) is 9.31. The van der Waals surface area contributed by atoms with Crippen molar-refractivity contribution in [2.24, 2.45) is 17.6 Å². The van der Waals surface area contributed by atoms with E-state index in [4.69, 9.17) is 15.2 Å². The number of halogens is 1. The van der Waals surface area contributed by atoms with E-state index in [1.54, 1.807) is 11.0 Å². The molecule has 4 N–H and O–H groups in total. The van der Waals surface area contributed by atoms with Gasteiger partial charge in [-0.25, -0.2) is 14.0 Å². The summed E-state index contributed by atoms with van der Waals surface area (Å²) < 4.78 is 30.3. The number of benzene rings is 1. The SMILES string of the molecule is COC(=O)NCCO[C@@H](c1cccc(F)c1)[C@@H]1CCCN(C(=O)N[C@H](CN)C[C@@H]2CCCOC2)C1. The number of nitrogens with one attached hydrogen (secondary N) is 2. The first-order valence-corrected chi connectivity index (χ1v) is 12.5. The molecule has 9 nitrogen and oxygen atoms in total. The van der Waals surface area contributed by atoms with Crippen molar-refractivity contribution in [3.63, 3.8) is 0 Å². The highest BCUT2D eigenvalue weighted by Crippen LogP contribution is 2.33. The van der Waals surface area contributed by atoms with Crippen LogP contribution >= 0.6 is 0 Å². The zero-order valence-electron chi connectivity index (χ0n) is 20.5. The van der Waals surface area contributed by atoms with Crippen LogP contribution in [0.2, 0.25) is 0 Å². The Hall–Kier alpha value is -2.43. The Balaban J connectivity index is 1.60. The third-order valence-corrected chi connectivity index (χ3v) is 6.69. The number of carbonyl (C=O) groups excluding carboxylic acids is 2. The molecular weight excluding hydrogens is 455 g/mol. The van der Waals surface area contributed by atoms with Crippen molar-refractivity contribution in [2.45, 2.75) is 44.2 Å². The monoisotopic (exact) mass is 494 g/mol. The fraction of sp³-hybridized carbons (Fsp3) is 0.680. The molecule has 0 saturated carbocycles. The van der Waals surface area contributed by atoms with Gasteiger partial charge in [-0.2, -0.15) is 0 Å². The molecule has 0 aliphatic carbocycles. The Morgan fingerprint density at radius 1 is 1.31 bits per heavy atom. The van der Waals surface area contributed by atoms with Crippen molar-refractivity contribution in [3.05, 3.63) is 35.6 Å². The maximum absolute atomic E-state index is 14.0. The molecule has 2 fully saturated rings. The predicted octanol–water partition coefficient (Wildman–Crippen LogP) is 2.81. The average molecular weight is 495 g/mol. The number of ether oxygens (including phenoxy) is 3. The molecule has 0 spiro atoms. The van der Waals surface area contributed by atoms with Crippen LogP contribution in [-0.2, 0) is 14.2 Å². The lowest BCUT2D eigenvalue weighted by Crippen LogP contribution is -2.51. The first kappa shape index (κ1) is 27.2. The Bertz CT molecular complexity index is 808. The molecule has 2 aliphatic heterocycles. The molecule has 3 amide bonds. The van der Waals surface area contributed by atoms with Gasteiger partial charge in [0.05, 0.1) is 19.8 Å². The van der Waals surface area contributed by atoms with Crippen LogP contribution in [0.4, 0.5) is 14.0 Å². The second-order valence-electron chi connectivity index (χ2n) is 9.31. The molecule has 0 bridgehead atoms. The van der Waals surface area contributed by atoms with Crippen molar-refractivity contribution >= 4 is 12.1 Å². The van der Waals surface area contributed by atoms with Crippen LogP contribution in [0.3, 0.4) is 0 Å². The van der Waals surface area contributed by atoms with Gasteiger partial charge in [0, 0.05) is 51.4 Å². The van der Waals surface area contributed by atoms with E-state index in [9.17, 15) is 14.0 Å². The Morgan fingerprint density at radius 2 is 2.17 bits per heavy atom. The number of alkyl carbamates (subject to hydrolysis) is 1. The number of hydrogen-bond donors (Lipinski definition) is 3. The number of urea groups is 1. The molecule has 1 aromatic carbocycles. The normalized spacial score (nSPS) is 22.2. The minimum Gasteiger partial charge on any atom is -0.453 e. The van der Waals surface area contributed by atoms with Gasteiger partial charge in [0.2, 0.25) is 0 Å². The third-order valence-electron chi connectivity index (χ3n) is 6.69. The summed E-state index contributed by atoms with van der Waals surface area (Å²) in [5.74, 6) is 0.0558. The van der Waals surface area contributed by atoms with Gasteiger partial charge in [-0.1, -0.05) is 12.1 Å². The van der Waals surface area contributed by atoms with E-state index < -0.39 is 12.2 Å². The third kappa shape index (κ3) is 8.63. The number of rotatable bonds is 10. The second kappa shape index (κ2) is 14.2. The van der Waals surface area contributed by atoms with Crippen LogP contribution in [-0.4, -0.2) is 76.2 Å².